The fourth-order valence-electron chi connectivity index (χ4n) is 2.37. The summed E-state index contributed by atoms with van der Waals surface area (Å²) in [5.74, 6) is 0. The predicted octanol–water partition coefficient (Wildman–Crippen LogP) is 4.26. The number of nitrogens with zero attached hydrogens (tertiary/aromatic N) is 1. The molecule has 1 N–H and O–H groups in total. The molecule has 1 unspecified atom stereocenters. The fraction of sp³-hybridized carbons (Fsp3) is 0.562. The molecule has 1 saturated heterocycles. The lowest BCUT2D eigenvalue weighted by Gasteiger charge is -2.34. The number of likely N-dealkylation sites (tertiary alicyclic amines) is 1. The number of rotatable bonds is 2. The molecule has 0 bridgehead atoms. The van der Waals surface area contributed by atoms with Crippen molar-refractivity contribution in [1.29, 1.82) is 0 Å². The molecule has 1 aliphatic rings. The first-order chi connectivity index (χ1) is 9.83. The third kappa shape index (κ3) is 5.23. The highest BCUT2D eigenvalue weighted by molar-refractivity contribution is 9.10. The molecule has 116 valence electrons. The van der Waals surface area contributed by atoms with Gasteiger partial charge in [0, 0.05) is 29.3 Å². The van der Waals surface area contributed by atoms with Gasteiger partial charge in [0.15, 0.2) is 0 Å². The van der Waals surface area contributed by atoms with Crippen molar-refractivity contribution in [2.45, 2.75) is 45.3 Å². The molecule has 5 heteroatoms. The molecule has 1 amide bonds. The largest absolute Gasteiger partial charge is 0.444 e. The van der Waals surface area contributed by atoms with Crippen LogP contribution in [0.25, 0.3) is 0 Å². The molecule has 0 aliphatic carbocycles. The molecule has 1 aromatic rings. The highest BCUT2D eigenvalue weighted by atomic mass is 79.9. The van der Waals surface area contributed by atoms with Gasteiger partial charge in [0.05, 0.1) is 0 Å². The molecule has 1 fully saturated rings. The SMILES string of the molecule is CC(C)(C)OC(=O)N1CCCC(Nc2ccc(Br)cc2)C1. The number of hydrogen-bond acceptors (Lipinski definition) is 3. The van der Waals surface area contributed by atoms with Crippen LogP contribution in [0.2, 0.25) is 0 Å². The van der Waals surface area contributed by atoms with Crippen LogP contribution in [0, 0.1) is 0 Å². The van der Waals surface area contributed by atoms with Crippen molar-refractivity contribution in [3.8, 4) is 0 Å². The van der Waals surface area contributed by atoms with Gasteiger partial charge in [-0.1, -0.05) is 15.9 Å². The van der Waals surface area contributed by atoms with Gasteiger partial charge < -0.3 is 15.0 Å². The Balaban J connectivity index is 1.91. The van der Waals surface area contributed by atoms with Gasteiger partial charge in [-0.3, -0.25) is 0 Å². The smallest absolute Gasteiger partial charge is 0.410 e. The summed E-state index contributed by atoms with van der Waals surface area (Å²) in [7, 11) is 0. The second-order valence-corrected chi connectivity index (χ2v) is 7.33. The summed E-state index contributed by atoms with van der Waals surface area (Å²) < 4.78 is 6.51. The quantitative estimate of drug-likeness (QED) is 0.862. The number of carbonyl (C=O) groups excluding carboxylic acids is 1. The van der Waals surface area contributed by atoms with Crippen LogP contribution in [0.4, 0.5) is 10.5 Å². The van der Waals surface area contributed by atoms with E-state index in [1.54, 1.807) is 4.90 Å². The summed E-state index contributed by atoms with van der Waals surface area (Å²) in [6.07, 6.45) is 1.84. The maximum absolute atomic E-state index is 12.1. The Kier molecular flexibility index (Phi) is 5.14. The molecule has 0 radical (unpaired) electrons. The fourth-order valence-corrected chi connectivity index (χ4v) is 2.63. The van der Waals surface area contributed by atoms with Crippen molar-refractivity contribution in [1.82, 2.24) is 4.90 Å². The first kappa shape index (κ1) is 16.1. The average molecular weight is 355 g/mol. The molecule has 2 rings (SSSR count). The van der Waals surface area contributed by atoms with Gasteiger partial charge >= 0.3 is 6.09 Å². The maximum atomic E-state index is 12.1. The summed E-state index contributed by atoms with van der Waals surface area (Å²) >= 11 is 3.43. The van der Waals surface area contributed by atoms with Crippen LogP contribution in [0.1, 0.15) is 33.6 Å². The number of amides is 1. The van der Waals surface area contributed by atoms with Crippen LogP contribution in [0.3, 0.4) is 0 Å². The maximum Gasteiger partial charge on any atom is 0.410 e. The van der Waals surface area contributed by atoms with E-state index >= 15 is 0 Å². The molecule has 0 aromatic heterocycles. The average Bonchev–Trinajstić information content (AvgIpc) is 2.40. The van der Waals surface area contributed by atoms with Gasteiger partial charge in [-0.2, -0.15) is 0 Å². The molecule has 21 heavy (non-hydrogen) atoms. The van der Waals surface area contributed by atoms with Crippen LogP contribution in [-0.2, 0) is 4.74 Å². The number of piperidine rings is 1. The van der Waals surface area contributed by atoms with Crippen molar-refractivity contribution >= 4 is 27.7 Å². The van der Waals surface area contributed by atoms with Crippen LogP contribution in [-0.4, -0.2) is 35.7 Å². The van der Waals surface area contributed by atoms with E-state index in [-0.39, 0.29) is 12.1 Å². The number of hydrogen-bond donors (Lipinski definition) is 1. The summed E-state index contributed by atoms with van der Waals surface area (Å²) in [5.41, 5.74) is 0.637. The molecule has 1 aliphatic heterocycles. The van der Waals surface area contributed by atoms with Crippen molar-refractivity contribution in [2.24, 2.45) is 0 Å². The summed E-state index contributed by atoms with van der Waals surface area (Å²) in [6, 6.07) is 8.37. The standard InChI is InChI=1S/C16H23BrN2O2/c1-16(2,3)21-15(20)19-10-4-5-14(11-19)18-13-8-6-12(17)7-9-13/h6-9,14,18H,4-5,10-11H2,1-3H3. The molecule has 0 saturated carbocycles. The number of anilines is 1. The minimum absolute atomic E-state index is 0.218. The van der Waals surface area contributed by atoms with E-state index < -0.39 is 5.60 Å². The van der Waals surface area contributed by atoms with Gasteiger partial charge in [0.1, 0.15) is 5.60 Å². The van der Waals surface area contributed by atoms with Gasteiger partial charge in [0.25, 0.3) is 0 Å². The van der Waals surface area contributed by atoms with Crippen LogP contribution in [0.15, 0.2) is 28.7 Å². The third-order valence-electron chi connectivity index (χ3n) is 3.29. The topological polar surface area (TPSA) is 41.6 Å². The van der Waals surface area contributed by atoms with Crippen molar-refractivity contribution in [2.75, 3.05) is 18.4 Å². The lowest BCUT2D eigenvalue weighted by molar-refractivity contribution is 0.0206. The first-order valence-electron chi connectivity index (χ1n) is 7.33. The van der Waals surface area contributed by atoms with Gasteiger partial charge in [-0.05, 0) is 57.9 Å². The minimum atomic E-state index is -0.441. The third-order valence-corrected chi connectivity index (χ3v) is 3.82. The van der Waals surface area contributed by atoms with E-state index in [0.717, 1.165) is 29.5 Å². The van der Waals surface area contributed by atoms with E-state index in [1.165, 1.54) is 0 Å². The van der Waals surface area contributed by atoms with Gasteiger partial charge in [-0.15, -0.1) is 0 Å². The van der Waals surface area contributed by atoms with E-state index in [1.807, 2.05) is 45.0 Å². The molecular formula is C16H23BrN2O2. The molecule has 0 spiro atoms. The summed E-state index contributed by atoms with van der Waals surface area (Å²) in [6.45, 7) is 7.14. The highest BCUT2D eigenvalue weighted by Gasteiger charge is 2.27. The number of nitrogens with one attached hydrogen (secondary N) is 1. The second kappa shape index (κ2) is 6.69. The Morgan fingerprint density at radius 2 is 2.00 bits per heavy atom. The number of benzene rings is 1. The zero-order chi connectivity index (χ0) is 15.5. The van der Waals surface area contributed by atoms with Gasteiger partial charge in [-0.25, -0.2) is 4.79 Å². The number of carbonyl (C=O) groups is 1. The first-order valence-corrected chi connectivity index (χ1v) is 8.13. The van der Waals surface area contributed by atoms with Crippen molar-refractivity contribution < 1.29 is 9.53 Å². The second-order valence-electron chi connectivity index (χ2n) is 6.42. The zero-order valence-corrected chi connectivity index (χ0v) is 14.4. The molecule has 1 atom stereocenters. The molecule has 4 nitrogen and oxygen atoms in total. The Morgan fingerprint density at radius 3 is 2.62 bits per heavy atom. The van der Waals surface area contributed by atoms with Gasteiger partial charge in [0.2, 0.25) is 0 Å². The Morgan fingerprint density at radius 1 is 1.33 bits per heavy atom. The van der Waals surface area contributed by atoms with E-state index in [2.05, 4.69) is 21.2 Å². The van der Waals surface area contributed by atoms with Crippen molar-refractivity contribution in [3.05, 3.63) is 28.7 Å². The van der Waals surface area contributed by atoms with E-state index in [9.17, 15) is 4.79 Å². The lowest BCUT2D eigenvalue weighted by Crippen LogP contribution is -2.46. The monoisotopic (exact) mass is 354 g/mol. The molecular weight excluding hydrogens is 332 g/mol. The highest BCUT2D eigenvalue weighted by Crippen LogP contribution is 2.20. The normalized spacial score (nSPS) is 19.2. The van der Waals surface area contributed by atoms with E-state index in [4.69, 9.17) is 4.74 Å². The number of halogens is 1. The van der Waals surface area contributed by atoms with Crippen LogP contribution in [0.5, 0.6) is 0 Å². The molecule has 1 heterocycles. The van der Waals surface area contributed by atoms with Crippen LogP contribution >= 0.6 is 15.9 Å². The Labute approximate surface area is 135 Å². The van der Waals surface area contributed by atoms with E-state index in [0.29, 0.717) is 6.54 Å². The summed E-state index contributed by atoms with van der Waals surface area (Å²) in [5, 5.41) is 3.49. The van der Waals surface area contributed by atoms with Crippen molar-refractivity contribution in [3.63, 3.8) is 0 Å². The zero-order valence-electron chi connectivity index (χ0n) is 12.9. The van der Waals surface area contributed by atoms with Crippen LogP contribution < -0.4 is 5.32 Å². The minimum Gasteiger partial charge on any atom is -0.444 e. The summed E-state index contributed by atoms with van der Waals surface area (Å²) in [4.78, 5) is 13.9. The molecule has 1 aromatic carbocycles. The number of ether oxygens (including phenoxy) is 1. The lowest BCUT2D eigenvalue weighted by atomic mass is 10.1. The predicted molar refractivity (Wildman–Crippen MR) is 88.6 cm³/mol. The Bertz CT molecular complexity index is 482. The Hall–Kier alpha value is -1.23.